The van der Waals surface area contributed by atoms with Crippen LogP contribution in [-0.4, -0.2) is 24.5 Å². The van der Waals surface area contributed by atoms with E-state index in [9.17, 15) is 0 Å². The van der Waals surface area contributed by atoms with Gasteiger partial charge in [-0.3, -0.25) is 4.90 Å². The molecule has 0 saturated heterocycles. The molecule has 25 heavy (non-hydrogen) atoms. The third kappa shape index (κ3) is 8.87. The predicted octanol–water partition coefficient (Wildman–Crippen LogP) is 5.99. The van der Waals surface area contributed by atoms with Crippen molar-refractivity contribution in [2.24, 2.45) is 0 Å². The van der Waals surface area contributed by atoms with Gasteiger partial charge in [-0.1, -0.05) is 58.6 Å². The molecule has 1 rings (SSSR count). The second kappa shape index (κ2) is 13.4. The van der Waals surface area contributed by atoms with E-state index < -0.39 is 0 Å². The molecule has 0 heterocycles. The first kappa shape index (κ1) is 22.2. The number of hydrogen-bond acceptors (Lipinski definition) is 2. The van der Waals surface area contributed by atoms with Crippen molar-refractivity contribution in [3.63, 3.8) is 0 Å². The summed E-state index contributed by atoms with van der Waals surface area (Å²) in [6, 6.07) is 4.84. The fourth-order valence-corrected chi connectivity index (χ4v) is 3.42. The molecule has 1 aromatic rings. The van der Waals surface area contributed by atoms with Gasteiger partial charge in [0.2, 0.25) is 0 Å². The van der Waals surface area contributed by atoms with Gasteiger partial charge in [-0.2, -0.15) is 0 Å². The van der Waals surface area contributed by atoms with E-state index in [1.54, 1.807) is 0 Å². The molecule has 0 radical (unpaired) electrons. The van der Waals surface area contributed by atoms with Crippen LogP contribution in [0.2, 0.25) is 0 Å². The van der Waals surface area contributed by atoms with Crippen LogP contribution in [-0.2, 0) is 13.1 Å². The standard InChI is InChI=1S/C23H42N2/c1-6-9-11-12-13-24-18-22-17-23(21(5)16-20(22)4)19-25(14-8-3)15-10-7-2/h16-17,24H,6-15,18-19H2,1-5H3. The number of aryl methyl sites for hydroxylation is 2. The highest BCUT2D eigenvalue weighted by atomic mass is 15.1. The fourth-order valence-electron chi connectivity index (χ4n) is 3.42. The van der Waals surface area contributed by atoms with Crippen molar-refractivity contribution in [2.75, 3.05) is 19.6 Å². The quantitative estimate of drug-likeness (QED) is 0.416. The molecule has 0 aromatic heterocycles. The van der Waals surface area contributed by atoms with Crippen LogP contribution in [0.5, 0.6) is 0 Å². The summed E-state index contributed by atoms with van der Waals surface area (Å²) in [5.74, 6) is 0. The highest BCUT2D eigenvalue weighted by molar-refractivity contribution is 5.37. The van der Waals surface area contributed by atoms with Crippen molar-refractivity contribution in [1.29, 1.82) is 0 Å². The zero-order chi connectivity index (χ0) is 18.5. The van der Waals surface area contributed by atoms with Gasteiger partial charge in [0.1, 0.15) is 0 Å². The molecule has 2 nitrogen and oxygen atoms in total. The molecule has 1 N–H and O–H groups in total. The van der Waals surface area contributed by atoms with Crippen LogP contribution in [0, 0.1) is 13.8 Å². The van der Waals surface area contributed by atoms with E-state index in [1.807, 2.05) is 0 Å². The van der Waals surface area contributed by atoms with E-state index in [2.05, 4.69) is 57.0 Å². The minimum Gasteiger partial charge on any atom is -0.313 e. The van der Waals surface area contributed by atoms with Crippen LogP contribution in [0.1, 0.15) is 88.0 Å². The maximum atomic E-state index is 3.65. The van der Waals surface area contributed by atoms with E-state index in [-0.39, 0.29) is 0 Å². The molecular weight excluding hydrogens is 304 g/mol. The molecule has 0 fully saturated rings. The Morgan fingerprint density at radius 1 is 0.760 bits per heavy atom. The smallest absolute Gasteiger partial charge is 0.0236 e. The average molecular weight is 347 g/mol. The SMILES string of the molecule is CCCCCCNCc1cc(CN(CCC)CCCC)c(C)cc1C. The monoisotopic (exact) mass is 346 g/mol. The fraction of sp³-hybridized carbons (Fsp3) is 0.739. The molecule has 0 saturated carbocycles. The Balaban J connectivity index is 2.64. The Morgan fingerprint density at radius 3 is 2.16 bits per heavy atom. The van der Waals surface area contributed by atoms with Gasteiger partial charge in [-0.05, 0) is 75.0 Å². The largest absolute Gasteiger partial charge is 0.313 e. The number of rotatable bonds is 14. The van der Waals surface area contributed by atoms with E-state index >= 15 is 0 Å². The molecular formula is C23H42N2. The summed E-state index contributed by atoms with van der Waals surface area (Å²) < 4.78 is 0. The van der Waals surface area contributed by atoms with Gasteiger partial charge >= 0.3 is 0 Å². The van der Waals surface area contributed by atoms with Crippen molar-refractivity contribution >= 4 is 0 Å². The normalized spacial score (nSPS) is 11.4. The lowest BCUT2D eigenvalue weighted by Crippen LogP contribution is -2.26. The first-order valence-electron chi connectivity index (χ1n) is 10.6. The highest BCUT2D eigenvalue weighted by Gasteiger charge is 2.09. The van der Waals surface area contributed by atoms with Gasteiger partial charge in [0.05, 0.1) is 0 Å². The summed E-state index contributed by atoms with van der Waals surface area (Å²) >= 11 is 0. The van der Waals surface area contributed by atoms with Gasteiger partial charge in [0, 0.05) is 13.1 Å². The molecule has 0 unspecified atom stereocenters. The van der Waals surface area contributed by atoms with Crippen LogP contribution >= 0.6 is 0 Å². The Morgan fingerprint density at radius 2 is 1.48 bits per heavy atom. The summed E-state index contributed by atoms with van der Waals surface area (Å²) in [6.45, 7) is 17.0. The third-order valence-electron chi connectivity index (χ3n) is 5.08. The summed E-state index contributed by atoms with van der Waals surface area (Å²) in [7, 11) is 0. The minimum atomic E-state index is 1.01. The Bertz CT molecular complexity index is 467. The molecule has 1 aromatic carbocycles. The van der Waals surface area contributed by atoms with Crippen LogP contribution in [0.15, 0.2) is 12.1 Å². The van der Waals surface area contributed by atoms with Crippen molar-refractivity contribution in [3.8, 4) is 0 Å². The molecule has 0 amide bonds. The van der Waals surface area contributed by atoms with E-state index in [1.165, 1.54) is 80.3 Å². The highest BCUT2D eigenvalue weighted by Crippen LogP contribution is 2.18. The lowest BCUT2D eigenvalue weighted by Gasteiger charge is -2.23. The Hall–Kier alpha value is -0.860. The number of benzene rings is 1. The Labute approximate surface area is 157 Å². The van der Waals surface area contributed by atoms with Gasteiger partial charge in [-0.15, -0.1) is 0 Å². The van der Waals surface area contributed by atoms with Crippen molar-refractivity contribution in [1.82, 2.24) is 10.2 Å². The summed E-state index contributed by atoms with van der Waals surface area (Å²) in [5.41, 5.74) is 5.86. The molecule has 0 spiro atoms. The minimum absolute atomic E-state index is 1.01. The van der Waals surface area contributed by atoms with E-state index in [0.717, 1.165) is 19.6 Å². The number of unbranched alkanes of at least 4 members (excludes halogenated alkanes) is 4. The molecule has 0 bridgehead atoms. The number of nitrogens with zero attached hydrogens (tertiary/aromatic N) is 1. The van der Waals surface area contributed by atoms with Crippen LogP contribution in [0.3, 0.4) is 0 Å². The van der Waals surface area contributed by atoms with Crippen LogP contribution in [0.4, 0.5) is 0 Å². The third-order valence-corrected chi connectivity index (χ3v) is 5.08. The van der Waals surface area contributed by atoms with Crippen LogP contribution in [0.25, 0.3) is 0 Å². The lowest BCUT2D eigenvalue weighted by atomic mass is 9.99. The van der Waals surface area contributed by atoms with Gasteiger partial charge in [0.25, 0.3) is 0 Å². The first-order chi connectivity index (χ1) is 12.1. The maximum absolute atomic E-state index is 3.65. The molecule has 0 aliphatic carbocycles. The van der Waals surface area contributed by atoms with Crippen molar-refractivity contribution < 1.29 is 0 Å². The van der Waals surface area contributed by atoms with Crippen molar-refractivity contribution in [2.45, 2.75) is 92.7 Å². The molecule has 0 aliphatic rings. The zero-order valence-electron chi connectivity index (χ0n) is 17.6. The topological polar surface area (TPSA) is 15.3 Å². The molecule has 0 aliphatic heterocycles. The first-order valence-corrected chi connectivity index (χ1v) is 10.6. The zero-order valence-corrected chi connectivity index (χ0v) is 17.6. The van der Waals surface area contributed by atoms with Gasteiger partial charge in [-0.25, -0.2) is 0 Å². The number of hydrogen-bond donors (Lipinski definition) is 1. The van der Waals surface area contributed by atoms with Crippen LogP contribution < -0.4 is 5.32 Å². The Kier molecular flexibility index (Phi) is 11.9. The summed E-state index contributed by atoms with van der Waals surface area (Å²) in [6.07, 6.45) is 9.14. The summed E-state index contributed by atoms with van der Waals surface area (Å²) in [4.78, 5) is 2.63. The molecule has 0 atom stereocenters. The molecule has 2 heteroatoms. The maximum Gasteiger partial charge on any atom is 0.0236 e. The van der Waals surface area contributed by atoms with Crippen molar-refractivity contribution in [3.05, 3.63) is 34.4 Å². The predicted molar refractivity (Wildman–Crippen MR) is 112 cm³/mol. The van der Waals surface area contributed by atoms with Gasteiger partial charge < -0.3 is 5.32 Å². The van der Waals surface area contributed by atoms with E-state index in [4.69, 9.17) is 0 Å². The number of nitrogens with one attached hydrogen (secondary N) is 1. The van der Waals surface area contributed by atoms with Gasteiger partial charge in [0.15, 0.2) is 0 Å². The average Bonchev–Trinajstić information content (AvgIpc) is 2.59. The second-order valence-corrected chi connectivity index (χ2v) is 7.57. The second-order valence-electron chi connectivity index (χ2n) is 7.57. The molecule has 144 valence electrons. The summed E-state index contributed by atoms with van der Waals surface area (Å²) in [5, 5.41) is 3.65. The lowest BCUT2D eigenvalue weighted by molar-refractivity contribution is 0.261. The van der Waals surface area contributed by atoms with E-state index in [0.29, 0.717) is 0 Å².